The summed E-state index contributed by atoms with van der Waals surface area (Å²) >= 11 is -60.7. The molecule has 0 N–H and O–H groups in total. The van der Waals surface area contributed by atoms with Crippen molar-refractivity contribution >= 4 is 0 Å². The van der Waals surface area contributed by atoms with Crippen molar-refractivity contribution in [2.24, 2.45) is 0 Å². The fraction of sp³-hybridized carbons (Fsp3) is 0. The summed E-state index contributed by atoms with van der Waals surface area (Å²) in [5.41, 5.74) is 0. The van der Waals surface area contributed by atoms with Gasteiger partial charge in [-0.3, -0.25) is 0 Å². The van der Waals surface area contributed by atoms with Crippen molar-refractivity contribution in [3.8, 4) is 0 Å². The van der Waals surface area contributed by atoms with E-state index in [0.29, 0.717) is 0 Å². The van der Waals surface area contributed by atoms with Gasteiger partial charge in [-0.1, -0.05) is 0 Å². The number of hydrogen-bond acceptors (Lipinski definition) is 35. The topological polar surface area (TPSA) is 618 Å². The number of rotatable bonds is 10. The Labute approximate surface area is 308 Å². The Morgan fingerprint density at radius 2 is 0.234 bits per heavy atom. The van der Waals surface area contributed by atoms with E-state index in [0.717, 1.165) is 0 Å². The zero-order valence-electron chi connectivity index (χ0n) is 19.3. The van der Waals surface area contributed by atoms with Gasteiger partial charge in [-0.05, 0) is 0 Å². The van der Waals surface area contributed by atoms with E-state index in [1.54, 1.807) is 0 Å². The monoisotopic (exact) mass is 1440 g/mol. The third-order valence-corrected chi connectivity index (χ3v) is 14.2. The van der Waals surface area contributed by atoms with E-state index in [1.807, 2.05) is 0 Å². The summed E-state index contributed by atoms with van der Waals surface area (Å²) in [5.74, 6) is 0. The molecule has 0 aromatic heterocycles. The van der Waals surface area contributed by atoms with Gasteiger partial charge in [-0.25, -0.2) is 0 Å². The molecule has 0 saturated carbocycles. The molecule has 0 spiro atoms. The maximum Gasteiger partial charge on any atom is 5.00 e. The summed E-state index contributed by atoms with van der Waals surface area (Å²) in [6, 6.07) is 0. The van der Waals surface area contributed by atoms with Gasteiger partial charge in [0, 0.05) is 0 Å². The van der Waals surface area contributed by atoms with Crippen molar-refractivity contribution in [2.75, 3.05) is 0 Å². The zero-order chi connectivity index (χ0) is 38.5. The van der Waals surface area contributed by atoms with Gasteiger partial charge in [0.05, 0.1) is 0 Å². The molecule has 0 aliphatic rings. The van der Waals surface area contributed by atoms with Crippen LogP contribution < -0.4 is 41.6 Å². The van der Waals surface area contributed by atoms with Crippen molar-refractivity contribution in [3.05, 3.63) is 0 Å². The van der Waals surface area contributed by atoms with Gasteiger partial charge in [-0.2, -0.15) is 0 Å². The minimum absolute atomic E-state index is 0. The molecule has 0 radical (unpaired) electrons. The van der Waals surface area contributed by atoms with Gasteiger partial charge in [0.15, 0.2) is 0 Å². The van der Waals surface area contributed by atoms with E-state index in [1.165, 1.54) is 0 Å². The van der Waals surface area contributed by atoms with Crippen molar-refractivity contribution in [1.29, 1.82) is 0 Å². The molecule has 280 valence electrons. The average molecular weight is 1440 g/mol. The van der Waals surface area contributed by atoms with Gasteiger partial charge in [0.2, 0.25) is 0 Å². The van der Waals surface area contributed by atoms with Crippen LogP contribution in [0.15, 0.2) is 0 Å². The van der Waals surface area contributed by atoms with Crippen LogP contribution in [0.2, 0.25) is 0 Å². The van der Waals surface area contributed by atoms with E-state index in [4.69, 9.17) is 0 Å². The fourth-order valence-electron chi connectivity index (χ4n) is 0.510. The first-order valence-corrected chi connectivity index (χ1v) is 27.5. The second-order valence-electron chi connectivity index (χ2n) is 4.42. The zero-order valence-corrected chi connectivity index (χ0v) is 38.4. The summed E-state index contributed by atoms with van der Waals surface area (Å²) in [7, 11) is 0. The van der Waals surface area contributed by atoms with Gasteiger partial charge in [0.25, 0.3) is 0 Å². The van der Waals surface area contributed by atoms with Crippen LogP contribution in [0, 0.1) is 0 Å². The largest absolute Gasteiger partial charge is 5.00 e. The predicted octanol–water partition coefficient (Wildman–Crippen LogP) is -14.6. The van der Waals surface area contributed by atoms with Crippen LogP contribution in [0.3, 0.4) is 0 Å². The van der Waals surface area contributed by atoms with Crippen LogP contribution in [0.4, 0.5) is 0 Å². The van der Waals surface area contributed by atoms with Crippen LogP contribution in [-0.2, 0) is 271 Å². The Morgan fingerprint density at radius 1 is 0.191 bits per heavy atom. The molecule has 47 heteroatoms. The first kappa shape index (κ1) is 64.2. The molecule has 0 aliphatic carbocycles. The SMILES string of the molecule is [O]=[Cr](=[O])([O-])[O][Cr](=[O])(=[O])[O-].[O]=[Cr](=[O])([O-])[O][Cr](=[O])(=[O])[O-].[O]=[Cr](=[O])([O-])[O][Cr](=[O])(=[O])[O-].[O]=[Cr](=[O])([O-])[O][Cr](=[O])(=[O])[O-].[O]=[Cr](=[O])([O-])[O][Cr](=[O])(=[O])[O-].[Ta+5].[Ta+5]. The Morgan fingerprint density at radius 3 is 0.234 bits per heavy atom. The first-order chi connectivity index (χ1) is 18.5. The molecule has 0 atom stereocenters. The molecule has 0 fully saturated rings. The Hall–Kier alpha value is 2.21. The molecule has 0 heterocycles. The van der Waals surface area contributed by atoms with E-state index < -0.39 is 136 Å². The van der Waals surface area contributed by atoms with Crippen molar-refractivity contribution < 1.29 is 313 Å². The van der Waals surface area contributed by atoms with E-state index >= 15 is 0 Å². The molecule has 35 nitrogen and oxygen atoms in total. The predicted molar refractivity (Wildman–Crippen MR) is 19.2 cm³/mol. The smallest absolute Gasteiger partial charge is 5.00 e. The molecule has 0 aromatic rings. The minimum Gasteiger partial charge on any atom is 5.00 e. The second-order valence-corrected chi connectivity index (χ2v) is 22.6. The summed E-state index contributed by atoms with van der Waals surface area (Å²) in [5, 5.41) is 0. The fourth-order valence-corrected chi connectivity index (χ4v) is 8.68. The van der Waals surface area contributed by atoms with Crippen LogP contribution in [-0.4, -0.2) is 0 Å². The Kier molecular flexibility index (Phi) is 32.5. The summed E-state index contributed by atoms with van der Waals surface area (Å²) in [6.07, 6.45) is 0. The molecule has 0 rings (SSSR count). The molecule has 0 bridgehead atoms. The number of hydrogen-bond donors (Lipinski definition) is 0. The molecular formula is Cr10O35Ta2. The quantitative estimate of drug-likeness (QED) is 0.196. The molecular weight excluding hydrogens is 1440 g/mol. The van der Waals surface area contributed by atoms with E-state index in [-0.39, 0.29) is 44.8 Å². The van der Waals surface area contributed by atoms with Crippen molar-refractivity contribution in [3.63, 3.8) is 0 Å². The summed E-state index contributed by atoms with van der Waals surface area (Å²) < 4.78 is 294. The summed E-state index contributed by atoms with van der Waals surface area (Å²) in [4.78, 5) is 0. The summed E-state index contributed by atoms with van der Waals surface area (Å²) in [6.45, 7) is 0. The molecule has 0 aliphatic heterocycles. The maximum atomic E-state index is 9.38. The Bertz CT molecular complexity index is 1530. The average Bonchev–Trinajstić information content (AvgIpc) is 2.36. The van der Waals surface area contributed by atoms with Crippen LogP contribution in [0.1, 0.15) is 0 Å². The molecule has 0 saturated heterocycles. The molecule has 0 amide bonds. The maximum absolute atomic E-state index is 9.38. The van der Waals surface area contributed by atoms with Gasteiger partial charge < -0.3 is 0 Å². The third kappa shape index (κ3) is 99.2. The van der Waals surface area contributed by atoms with Crippen LogP contribution in [0.25, 0.3) is 0 Å². The van der Waals surface area contributed by atoms with Gasteiger partial charge in [0.1, 0.15) is 0 Å². The first-order valence-electron chi connectivity index (χ1n) is 6.67. The van der Waals surface area contributed by atoms with Crippen molar-refractivity contribution in [1.82, 2.24) is 0 Å². The van der Waals surface area contributed by atoms with Crippen molar-refractivity contribution in [2.45, 2.75) is 0 Å². The standard InChI is InChI=1S/10Cr.35O.2Ta/q;;;;;;;;;;;;;;;;;;;;;;;;;;;;;;;;;;;10*-1;2*+5. The van der Waals surface area contributed by atoms with Gasteiger partial charge >= 0.3 is 313 Å². The van der Waals surface area contributed by atoms with Crippen LogP contribution >= 0.6 is 0 Å². The third-order valence-electron chi connectivity index (χ3n) is 0.833. The molecule has 0 aromatic carbocycles. The van der Waals surface area contributed by atoms with Gasteiger partial charge in [-0.15, -0.1) is 0 Å². The normalized spacial score (nSPS) is 13.0. The second kappa shape index (κ2) is 23.8. The Balaban J connectivity index is -0.0000000842. The molecule has 0 unspecified atom stereocenters. The van der Waals surface area contributed by atoms with E-state index in [9.17, 15) is 118 Å². The molecule has 47 heavy (non-hydrogen) atoms. The van der Waals surface area contributed by atoms with E-state index in [2.05, 4.69) is 14.2 Å². The van der Waals surface area contributed by atoms with Crippen LogP contribution in [0.5, 0.6) is 0 Å². The minimum atomic E-state index is -6.07.